The molecule has 57 heavy (non-hydrogen) atoms. The maximum Gasteiger partial charge on any atom is 0.307 e. The Morgan fingerprint density at radius 1 is 1.05 bits per heavy atom. The van der Waals surface area contributed by atoms with Crippen molar-refractivity contribution in [3.8, 4) is 5.88 Å². The number of hydrogen-bond acceptors (Lipinski definition) is 10. The molecule has 2 aromatic carbocycles. The SMILES string of the molecule is CC(C)(C)OC(=O)C[C@H]1CCCCC/C=C\[C@@H]2C[C@@]2(C(=O)NS(=O)(=O)C2CC2)NC(=O)[C@@H]2C[C@@H](Oc3nc4c5ccccc5oc4c4ccc(Cl)cc34)CN2C1=O. The molecule has 4 aromatic rings. The number of halogens is 1. The number of carbonyl (C=O) groups is 4. The molecule has 4 heterocycles. The van der Waals surface area contributed by atoms with Gasteiger partial charge in [-0.05, 0) is 89.6 Å². The van der Waals surface area contributed by atoms with Crippen molar-refractivity contribution >= 4 is 78.2 Å². The van der Waals surface area contributed by atoms with Crippen molar-refractivity contribution in [1.29, 1.82) is 0 Å². The van der Waals surface area contributed by atoms with Gasteiger partial charge in [-0.15, -0.1) is 0 Å². The summed E-state index contributed by atoms with van der Waals surface area (Å²) in [5.74, 6) is -3.30. The van der Waals surface area contributed by atoms with Crippen LogP contribution in [0.5, 0.6) is 5.88 Å². The zero-order chi connectivity index (χ0) is 40.3. The highest BCUT2D eigenvalue weighted by molar-refractivity contribution is 7.91. The smallest absolute Gasteiger partial charge is 0.307 e. The van der Waals surface area contributed by atoms with E-state index in [2.05, 4.69) is 10.0 Å². The van der Waals surface area contributed by atoms with Gasteiger partial charge in [0.1, 0.15) is 34.4 Å². The monoisotopic (exact) mass is 818 g/mol. The average Bonchev–Trinajstić information content (AvgIpc) is 4.05. The minimum absolute atomic E-state index is 0.0196. The lowest BCUT2D eigenvalue weighted by Crippen LogP contribution is -2.57. The summed E-state index contributed by atoms with van der Waals surface area (Å²) >= 11 is 6.48. The summed E-state index contributed by atoms with van der Waals surface area (Å²) in [7, 11) is -3.90. The predicted molar refractivity (Wildman–Crippen MR) is 214 cm³/mol. The normalized spacial score (nSPS) is 26.6. The molecule has 3 fully saturated rings. The number of amides is 3. The van der Waals surface area contributed by atoms with Gasteiger partial charge in [0.25, 0.3) is 5.91 Å². The minimum atomic E-state index is -3.90. The molecule has 302 valence electrons. The number of furan rings is 1. The first kappa shape index (κ1) is 39.2. The highest BCUT2D eigenvalue weighted by atomic mass is 35.5. The number of para-hydroxylation sites is 1. The summed E-state index contributed by atoms with van der Waals surface area (Å²) in [6.07, 6.45) is 7.46. The van der Waals surface area contributed by atoms with Gasteiger partial charge in [0.05, 0.1) is 18.2 Å². The molecule has 8 rings (SSSR count). The van der Waals surface area contributed by atoms with E-state index in [-0.39, 0.29) is 31.7 Å². The third kappa shape index (κ3) is 8.07. The second kappa shape index (κ2) is 14.9. The summed E-state index contributed by atoms with van der Waals surface area (Å²) in [5, 5.41) is 4.81. The molecule has 2 aliphatic carbocycles. The van der Waals surface area contributed by atoms with Crippen LogP contribution in [0, 0.1) is 11.8 Å². The second-order valence-electron chi connectivity index (χ2n) is 16.9. The molecule has 3 amide bonds. The lowest BCUT2D eigenvalue weighted by atomic mass is 9.95. The van der Waals surface area contributed by atoms with Crippen molar-refractivity contribution in [1.82, 2.24) is 19.9 Å². The summed E-state index contributed by atoms with van der Waals surface area (Å²) in [6.45, 7) is 5.28. The van der Waals surface area contributed by atoms with E-state index in [1.54, 1.807) is 32.9 Å². The van der Waals surface area contributed by atoms with E-state index in [4.69, 9.17) is 30.5 Å². The maximum atomic E-state index is 14.7. The third-order valence-corrected chi connectivity index (χ3v) is 13.4. The van der Waals surface area contributed by atoms with Gasteiger partial charge in [0.2, 0.25) is 27.7 Å². The van der Waals surface area contributed by atoms with Gasteiger partial charge in [-0.25, -0.2) is 13.4 Å². The van der Waals surface area contributed by atoms with E-state index in [9.17, 15) is 27.6 Å². The molecule has 1 saturated heterocycles. The van der Waals surface area contributed by atoms with Crippen LogP contribution < -0.4 is 14.8 Å². The number of sulfonamides is 1. The number of nitrogens with one attached hydrogen (secondary N) is 2. The van der Waals surface area contributed by atoms with Gasteiger partial charge in [-0.3, -0.25) is 23.9 Å². The molecule has 0 radical (unpaired) electrons. The van der Waals surface area contributed by atoms with Crippen LogP contribution in [0.2, 0.25) is 5.02 Å². The van der Waals surface area contributed by atoms with Crippen LogP contribution in [0.25, 0.3) is 32.8 Å². The van der Waals surface area contributed by atoms with E-state index in [0.717, 1.165) is 23.6 Å². The largest absolute Gasteiger partial charge is 0.472 e. The number of aromatic nitrogens is 1. The molecule has 4 aliphatic rings. The Hall–Kier alpha value is -4.69. The first-order chi connectivity index (χ1) is 27.1. The summed E-state index contributed by atoms with van der Waals surface area (Å²) < 4.78 is 46.5. The molecule has 15 heteroatoms. The molecule has 0 unspecified atom stereocenters. The first-order valence-corrected chi connectivity index (χ1v) is 21.7. The van der Waals surface area contributed by atoms with Gasteiger partial charge < -0.3 is 24.1 Å². The van der Waals surface area contributed by atoms with E-state index in [0.29, 0.717) is 59.2 Å². The van der Waals surface area contributed by atoms with Crippen LogP contribution in [-0.2, 0) is 33.9 Å². The molecule has 2 saturated carbocycles. The molecule has 2 N–H and O–H groups in total. The zero-order valence-corrected chi connectivity index (χ0v) is 33.8. The summed E-state index contributed by atoms with van der Waals surface area (Å²) in [5.41, 5.74) is -0.481. The molecular formula is C42H47ClN4O9S. The molecule has 2 aliphatic heterocycles. The van der Waals surface area contributed by atoms with Crippen LogP contribution >= 0.6 is 11.6 Å². The highest BCUT2D eigenvalue weighted by Crippen LogP contribution is 2.46. The van der Waals surface area contributed by atoms with Crippen molar-refractivity contribution in [2.45, 2.75) is 114 Å². The van der Waals surface area contributed by atoms with Crippen molar-refractivity contribution < 1.29 is 41.5 Å². The van der Waals surface area contributed by atoms with Crippen LogP contribution in [-0.4, -0.2) is 77.1 Å². The Balaban J connectivity index is 1.15. The van der Waals surface area contributed by atoms with Crippen LogP contribution in [0.3, 0.4) is 0 Å². The summed E-state index contributed by atoms with van der Waals surface area (Å²) in [6, 6.07) is 11.7. The number of hydrogen-bond donors (Lipinski definition) is 2. The van der Waals surface area contributed by atoms with Crippen molar-refractivity contribution in [2.24, 2.45) is 11.8 Å². The Bertz CT molecular complexity index is 2420. The highest BCUT2D eigenvalue weighted by Gasteiger charge is 2.62. The number of allylic oxidation sites excluding steroid dienone is 1. The number of rotatable bonds is 7. The minimum Gasteiger partial charge on any atom is -0.472 e. The fourth-order valence-electron chi connectivity index (χ4n) is 8.19. The van der Waals surface area contributed by atoms with Crippen LogP contribution in [0.4, 0.5) is 0 Å². The number of ether oxygens (including phenoxy) is 2. The number of pyridine rings is 1. The Morgan fingerprint density at radius 3 is 2.61 bits per heavy atom. The van der Waals surface area contributed by atoms with Gasteiger partial charge in [-0.1, -0.05) is 48.7 Å². The Kier molecular flexibility index (Phi) is 10.2. The van der Waals surface area contributed by atoms with Gasteiger partial charge in [-0.2, -0.15) is 0 Å². The van der Waals surface area contributed by atoms with Crippen molar-refractivity contribution in [2.75, 3.05) is 6.54 Å². The van der Waals surface area contributed by atoms with E-state index in [1.165, 1.54) is 4.90 Å². The lowest BCUT2D eigenvalue weighted by Gasteiger charge is -2.30. The second-order valence-corrected chi connectivity index (χ2v) is 19.3. The van der Waals surface area contributed by atoms with Gasteiger partial charge in [0, 0.05) is 39.4 Å². The lowest BCUT2D eigenvalue weighted by molar-refractivity contribution is -0.159. The van der Waals surface area contributed by atoms with E-state index < -0.39 is 74.1 Å². The average molecular weight is 819 g/mol. The van der Waals surface area contributed by atoms with Crippen LogP contribution in [0.15, 0.2) is 59.0 Å². The summed E-state index contributed by atoms with van der Waals surface area (Å²) in [4.78, 5) is 62.6. The molecule has 0 bridgehead atoms. The molecule has 0 spiro atoms. The molecular weight excluding hydrogens is 772 g/mol. The fourth-order valence-corrected chi connectivity index (χ4v) is 9.73. The fraction of sp³-hybridized carbons (Fsp3) is 0.500. The number of nitrogens with zero attached hydrogens (tertiary/aromatic N) is 2. The molecule has 5 atom stereocenters. The van der Waals surface area contributed by atoms with Crippen molar-refractivity contribution in [3.05, 3.63) is 59.6 Å². The standard InChI is InChI=1S/C42H47ClN4O9S/c1-41(2,3)56-34(48)19-24-11-7-5-4-6-8-12-25-22-42(25,40(51)46-57(52,53)28-16-17-28)45-37(49)32-21-27(23-47(32)39(24)50)54-38-31-20-26(43)15-18-29(31)36-35(44-38)30-13-9-10-14-33(30)55-36/h8-10,12-15,18,20,24-25,27-28,32H,4-7,11,16-17,19,21-23H2,1-3H3,(H,45,49)(H,46,51)/b12-8-/t24-,25-,27-,32+,42-/m1/s1. The van der Waals surface area contributed by atoms with Gasteiger partial charge in [0.15, 0.2) is 5.58 Å². The molecule has 13 nitrogen and oxygen atoms in total. The quantitative estimate of drug-likeness (QED) is 0.155. The third-order valence-electron chi connectivity index (χ3n) is 11.3. The van der Waals surface area contributed by atoms with E-state index >= 15 is 0 Å². The molecule has 2 aromatic heterocycles. The zero-order valence-electron chi connectivity index (χ0n) is 32.2. The van der Waals surface area contributed by atoms with Gasteiger partial charge >= 0.3 is 5.97 Å². The van der Waals surface area contributed by atoms with Crippen LogP contribution in [0.1, 0.15) is 85.0 Å². The topological polar surface area (TPSA) is 174 Å². The predicted octanol–water partition coefficient (Wildman–Crippen LogP) is 6.49. The Labute approximate surface area is 335 Å². The number of fused-ring (bicyclic) bond motifs is 7. The van der Waals surface area contributed by atoms with E-state index in [1.807, 2.05) is 42.5 Å². The first-order valence-electron chi connectivity index (χ1n) is 19.8. The Morgan fingerprint density at radius 2 is 1.84 bits per heavy atom. The van der Waals surface area contributed by atoms with Crippen molar-refractivity contribution in [3.63, 3.8) is 0 Å². The number of carbonyl (C=O) groups excluding carboxylic acids is 4. The number of benzene rings is 2. The number of esters is 1. The maximum absolute atomic E-state index is 14.7.